The van der Waals surface area contributed by atoms with E-state index in [4.69, 9.17) is 28.8 Å². The zero-order chi connectivity index (χ0) is 32.5. The van der Waals surface area contributed by atoms with Crippen LogP contribution in [0.4, 0.5) is 0 Å². The fraction of sp³-hybridized carbons (Fsp3) is 0.900. The van der Waals surface area contributed by atoms with Crippen molar-refractivity contribution in [3.63, 3.8) is 0 Å². The Kier molecular flexibility index (Phi) is 19.1. The highest BCUT2D eigenvalue weighted by Gasteiger charge is 2.42. The van der Waals surface area contributed by atoms with Crippen LogP contribution in [0.2, 0.25) is 0 Å². The van der Waals surface area contributed by atoms with Crippen LogP contribution in [0.25, 0.3) is 0 Å². The Morgan fingerprint density at radius 3 is 1.63 bits per heavy atom. The van der Waals surface area contributed by atoms with Crippen LogP contribution in [0, 0.1) is 23.7 Å². The van der Waals surface area contributed by atoms with Crippen molar-refractivity contribution in [2.24, 2.45) is 23.7 Å². The van der Waals surface area contributed by atoms with Crippen LogP contribution >= 0.6 is 0 Å². The van der Waals surface area contributed by atoms with E-state index < -0.39 is 30.5 Å². The number of aliphatic hydroxyl groups excluding tert-OH is 3. The maximum Gasteiger partial charge on any atom is 0.305 e. The van der Waals surface area contributed by atoms with Gasteiger partial charge in [0.05, 0.1) is 33.0 Å². The number of rotatable bonds is 15. The molecule has 252 valence electrons. The Morgan fingerprint density at radius 1 is 0.674 bits per heavy atom. The van der Waals surface area contributed by atoms with Crippen molar-refractivity contribution in [1.82, 2.24) is 0 Å². The number of methoxy groups -OCH3 is 2. The molecule has 0 amide bonds. The van der Waals surface area contributed by atoms with Gasteiger partial charge in [-0.1, -0.05) is 27.7 Å². The van der Waals surface area contributed by atoms with E-state index in [1.807, 2.05) is 0 Å². The monoisotopic (exact) mass is 622 g/mol. The molecule has 0 spiro atoms. The second-order valence-corrected chi connectivity index (χ2v) is 11.3. The lowest BCUT2D eigenvalue weighted by atomic mass is 9.79. The summed E-state index contributed by atoms with van der Waals surface area (Å²) in [6.07, 6.45) is -0.543. The first-order valence-corrected chi connectivity index (χ1v) is 15.2. The quantitative estimate of drug-likeness (QED) is 0.137. The first kappa shape index (κ1) is 39.2. The topological polar surface area (TPSA) is 177 Å². The lowest BCUT2D eigenvalue weighted by molar-refractivity contribution is -0.282. The highest BCUT2D eigenvalue weighted by molar-refractivity contribution is 5.69. The van der Waals surface area contributed by atoms with Crippen LogP contribution in [-0.2, 0) is 47.5 Å². The maximum absolute atomic E-state index is 11.0. The molecule has 10 unspecified atom stereocenters. The van der Waals surface area contributed by atoms with E-state index in [9.17, 15) is 24.6 Å². The summed E-state index contributed by atoms with van der Waals surface area (Å²) in [7, 11) is 2.74. The molecular formula is C30H54O13. The summed E-state index contributed by atoms with van der Waals surface area (Å²) in [6.45, 7) is 10.3. The van der Waals surface area contributed by atoms with Gasteiger partial charge in [-0.05, 0) is 37.5 Å². The number of carbonyl (C=O) groups excluding carboxylic acids is 3. The predicted molar refractivity (Wildman–Crippen MR) is 153 cm³/mol. The van der Waals surface area contributed by atoms with Crippen LogP contribution in [-0.4, -0.2) is 111 Å². The molecule has 43 heavy (non-hydrogen) atoms. The van der Waals surface area contributed by atoms with Crippen molar-refractivity contribution in [1.29, 1.82) is 0 Å². The third kappa shape index (κ3) is 13.8. The molecule has 0 bridgehead atoms. The molecular weight excluding hydrogens is 568 g/mol. The Balaban J connectivity index is 0.000000434. The van der Waals surface area contributed by atoms with Gasteiger partial charge in [0.1, 0.15) is 18.8 Å². The lowest BCUT2D eigenvalue weighted by Gasteiger charge is -2.43. The smallest absolute Gasteiger partial charge is 0.305 e. The fourth-order valence-electron chi connectivity index (χ4n) is 4.82. The van der Waals surface area contributed by atoms with E-state index in [1.54, 1.807) is 6.92 Å². The molecule has 0 aromatic heterocycles. The first-order chi connectivity index (χ1) is 20.4. The number of hydrogen-bond acceptors (Lipinski definition) is 13. The minimum Gasteiger partial charge on any atom is -0.469 e. The van der Waals surface area contributed by atoms with E-state index in [2.05, 4.69) is 30.2 Å². The van der Waals surface area contributed by atoms with Gasteiger partial charge < -0.3 is 48.5 Å². The zero-order valence-corrected chi connectivity index (χ0v) is 26.8. The van der Waals surface area contributed by atoms with Crippen LogP contribution in [0.3, 0.4) is 0 Å². The van der Waals surface area contributed by atoms with Crippen molar-refractivity contribution in [2.75, 3.05) is 40.6 Å². The summed E-state index contributed by atoms with van der Waals surface area (Å²) >= 11 is 0. The largest absolute Gasteiger partial charge is 0.469 e. The molecule has 0 aromatic carbocycles. The molecule has 0 aromatic rings. The molecule has 13 heteroatoms. The van der Waals surface area contributed by atoms with Crippen molar-refractivity contribution in [2.45, 2.75) is 110 Å². The molecule has 2 aliphatic rings. The highest BCUT2D eigenvalue weighted by Crippen LogP contribution is 2.35. The van der Waals surface area contributed by atoms with Crippen LogP contribution in [0.15, 0.2) is 0 Å². The third-order valence-electron chi connectivity index (χ3n) is 8.19. The fourth-order valence-corrected chi connectivity index (χ4v) is 4.82. The molecule has 10 atom stereocenters. The maximum atomic E-state index is 11.0. The summed E-state index contributed by atoms with van der Waals surface area (Å²) in [4.78, 5) is 33.0. The zero-order valence-electron chi connectivity index (χ0n) is 26.8. The van der Waals surface area contributed by atoms with E-state index in [-0.39, 0.29) is 49.4 Å². The molecule has 2 fully saturated rings. The van der Waals surface area contributed by atoms with Crippen molar-refractivity contribution in [3.05, 3.63) is 0 Å². The number of carbonyl (C=O) groups is 3. The number of aliphatic hydroxyl groups is 3. The van der Waals surface area contributed by atoms with E-state index in [0.717, 1.165) is 12.8 Å². The minimum absolute atomic E-state index is 0.148. The molecule has 2 saturated heterocycles. The molecule has 2 aliphatic heterocycles. The standard InChI is InChI=1S/C17H30O6.C13H24O7/c1-11-12(2)15(10-22-14(4)18)23-17(13(11)3)21-9-7-6-8-16(19)20-5;1-8-11(16)12(17)9(7-14)20-13(8)19-6-4-3-5-10(15)18-2/h11-13,15,17H,6-10H2,1-5H3;8-9,11-14,16-17H,3-7H2,1-2H3. The van der Waals surface area contributed by atoms with E-state index in [1.165, 1.54) is 21.1 Å². The predicted octanol–water partition coefficient (Wildman–Crippen LogP) is 1.96. The Morgan fingerprint density at radius 2 is 1.16 bits per heavy atom. The van der Waals surface area contributed by atoms with Gasteiger partial charge in [-0.15, -0.1) is 0 Å². The molecule has 3 N–H and O–H groups in total. The van der Waals surface area contributed by atoms with Crippen LogP contribution in [0.1, 0.15) is 73.1 Å². The van der Waals surface area contributed by atoms with Gasteiger partial charge >= 0.3 is 17.9 Å². The summed E-state index contributed by atoms with van der Waals surface area (Å²) in [5.74, 6) is -0.185. The van der Waals surface area contributed by atoms with Gasteiger partial charge in [0.15, 0.2) is 12.6 Å². The highest BCUT2D eigenvalue weighted by atomic mass is 16.7. The minimum atomic E-state index is -1.12. The third-order valence-corrected chi connectivity index (χ3v) is 8.19. The first-order valence-electron chi connectivity index (χ1n) is 15.2. The van der Waals surface area contributed by atoms with Crippen LogP contribution < -0.4 is 0 Å². The lowest BCUT2D eigenvalue weighted by Crippen LogP contribution is -2.55. The number of unbranched alkanes of at least 4 members (excludes halogenated alkanes) is 2. The number of hydrogen-bond donors (Lipinski definition) is 3. The average molecular weight is 623 g/mol. The number of esters is 3. The van der Waals surface area contributed by atoms with Gasteiger partial charge in [-0.3, -0.25) is 14.4 Å². The number of ether oxygens (including phenoxy) is 7. The van der Waals surface area contributed by atoms with E-state index in [0.29, 0.717) is 50.7 Å². The van der Waals surface area contributed by atoms with Crippen molar-refractivity contribution in [3.8, 4) is 0 Å². The van der Waals surface area contributed by atoms with Crippen molar-refractivity contribution < 1.29 is 62.9 Å². The second-order valence-electron chi connectivity index (χ2n) is 11.3. The Labute approximate surface area is 255 Å². The molecule has 0 radical (unpaired) electrons. The van der Waals surface area contributed by atoms with Gasteiger partial charge in [-0.25, -0.2) is 0 Å². The van der Waals surface area contributed by atoms with Crippen molar-refractivity contribution >= 4 is 17.9 Å². The van der Waals surface area contributed by atoms with Gasteiger partial charge in [0.2, 0.25) is 0 Å². The van der Waals surface area contributed by atoms with Gasteiger partial charge in [0.25, 0.3) is 0 Å². The van der Waals surface area contributed by atoms with E-state index >= 15 is 0 Å². The molecule has 2 heterocycles. The summed E-state index contributed by atoms with van der Waals surface area (Å²) in [6, 6.07) is 0. The normalized spacial score (nSPS) is 32.2. The average Bonchev–Trinajstić information content (AvgIpc) is 2.99. The Hall–Kier alpha value is -1.87. The van der Waals surface area contributed by atoms with Gasteiger partial charge in [0, 0.05) is 44.8 Å². The molecule has 13 nitrogen and oxygen atoms in total. The van der Waals surface area contributed by atoms with Gasteiger partial charge in [-0.2, -0.15) is 0 Å². The molecule has 0 saturated carbocycles. The summed E-state index contributed by atoms with van der Waals surface area (Å²) in [5.41, 5.74) is 0. The summed E-state index contributed by atoms with van der Waals surface area (Å²) in [5, 5.41) is 28.6. The summed E-state index contributed by atoms with van der Waals surface area (Å²) < 4.78 is 37.0. The molecule has 0 aliphatic carbocycles. The Bertz CT molecular complexity index is 807. The SMILES string of the molecule is COC(=O)CCCCOC1OC(CO)C(O)C(O)C1C.COC(=O)CCCCOC1OC(COC(C)=O)C(C)C(C)C1C. The molecule has 2 rings (SSSR count). The van der Waals surface area contributed by atoms with Crippen LogP contribution in [0.5, 0.6) is 0 Å². The second kappa shape index (κ2) is 21.0.